The van der Waals surface area contributed by atoms with Gasteiger partial charge in [-0.15, -0.1) is 0 Å². The monoisotopic (exact) mass is 869 g/mol. The molecule has 0 radical (unpaired) electrons. The van der Waals surface area contributed by atoms with Gasteiger partial charge in [-0.1, -0.05) is 109 Å². The molecule has 1 saturated heterocycles. The maximum atomic E-state index is 14.0. The van der Waals surface area contributed by atoms with Gasteiger partial charge in [0.25, 0.3) is 10.1 Å². The minimum absolute atomic E-state index is 0.0175. The first-order valence-corrected chi connectivity index (χ1v) is 21.9. The molecule has 5 aromatic carbocycles. The molecular weight excluding hydrogens is 826 g/mol. The standard InChI is InChI=1S/C50H44FNO10S/c1-35(53)62-46(40-24-26-42(51)27-25-40)31-30-44-47(52(48(44)54)43-28-20-37(21-29-43)16-10-32-61-63(2,57)58)41-22-18-36(19-23-41)15-9-17-45(49(55)59-33-38-11-5-3-6-12-38)50(56)60-34-39-13-7-4-8-14-39/h3-8,11-14,18-29,44-47H,17,30-34H2,1-2H3/t44-,46+,47-/m1/s1. The van der Waals surface area contributed by atoms with E-state index in [9.17, 15) is 32.0 Å². The number of nitrogens with zero attached hydrogens (tertiary/aromatic N) is 1. The highest BCUT2D eigenvalue weighted by Crippen LogP contribution is 2.46. The molecule has 322 valence electrons. The third-order valence-corrected chi connectivity index (χ3v) is 10.6. The molecule has 1 amide bonds. The molecule has 6 rings (SSSR count). The van der Waals surface area contributed by atoms with Gasteiger partial charge in [-0.25, -0.2) is 4.39 Å². The summed E-state index contributed by atoms with van der Waals surface area (Å²) >= 11 is 0. The Morgan fingerprint density at radius 2 is 1.27 bits per heavy atom. The van der Waals surface area contributed by atoms with E-state index in [1.165, 1.54) is 19.1 Å². The highest BCUT2D eigenvalue weighted by molar-refractivity contribution is 7.86. The number of amides is 1. The van der Waals surface area contributed by atoms with E-state index in [0.717, 1.165) is 22.9 Å². The van der Waals surface area contributed by atoms with Crippen molar-refractivity contribution in [3.63, 3.8) is 0 Å². The molecule has 63 heavy (non-hydrogen) atoms. The summed E-state index contributed by atoms with van der Waals surface area (Å²) < 4.78 is 57.6. The molecule has 0 aromatic heterocycles. The van der Waals surface area contributed by atoms with Gasteiger partial charge in [-0.2, -0.15) is 8.42 Å². The zero-order valence-electron chi connectivity index (χ0n) is 34.6. The Balaban J connectivity index is 1.20. The number of hydrogen-bond donors (Lipinski definition) is 0. The van der Waals surface area contributed by atoms with Gasteiger partial charge in [-0.3, -0.25) is 23.4 Å². The number of esters is 3. The molecule has 0 bridgehead atoms. The highest BCUT2D eigenvalue weighted by atomic mass is 32.2. The Bertz CT molecular complexity index is 2560. The Morgan fingerprint density at radius 1 is 0.730 bits per heavy atom. The summed E-state index contributed by atoms with van der Waals surface area (Å²) in [5.74, 6) is 7.09. The fourth-order valence-electron chi connectivity index (χ4n) is 6.92. The molecule has 0 aliphatic carbocycles. The third-order valence-electron chi connectivity index (χ3n) is 10.0. The molecule has 0 N–H and O–H groups in total. The normalized spacial score (nSPS) is 14.9. The minimum atomic E-state index is -3.64. The lowest BCUT2D eigenvalue weighted by molar-refractivity contribution is -0.163. The minimum Gasteiger partial charge on any atom is -0.460 e. The molecule has 5 aromatic rings. The fourth-order valence-corrected chi connectivity index (χ4v) is 7.19. The summed E-state index contributed by atoms with van der Waals surface area (Å²) in [7, 11) is -3.64. The van der Waals surface area contributed by atoms with Crippen LogP contribution in [0.1, 0.15) is 71.7 Å². The summed E-state index contributed by atoms with van der Waals surface area (Å²) in [6.45, 7) is 0.958. The molecule has 0 spiro atoms. The Kier molecular flexibility index (Phi) is 15.6. The van der Waals surface area contributed by atoms with Crippen molar-refractivity contribution in [2.24, 2.45) is 11.8 Å². The van der Waals surface area contributed by atoms with Crippen LogP contribution in [-0.4, -0.2) is 45.1 Å². The van der Waals surface area contributed by atoms with Crippen LogP contribution in [0.25, 0.3) is 0 Å². The number of halogens is 1. The summed E-state index contributed by atoms with van der Waals surface area (Å²) in [4.78, 5) is 54.2. The second-order valence-corrected chi connectivity index (χ2v) is 16.3. The van der Waals surface area contributed by atoms with Gasteiger partial charge >= 0.3 is 17.9 Å². The SMILES string of the molecule is CC(=O)O[C@@H](CC[C@H]1C(=O)N(c2ccc(C#CCOS(C)(=O)=O)cc2)[C@@H]1c1ccc(C#CCC(C(=O)OCc2ccccc2)C(=O)OCc2ccccc2)cc1)c1ccc(F)cc1. The number of anilines is 1. The highest BCUT2D eigenvalue weighted by Gasteiger charge is 2.48. The first-order chi connectivity index (χ1) is 30.3. The lowest BCUT2D eigenvalue weighted by Gasteiger charge is -2.48. The zero-order chi connectivity index (χ0) is 44.8. The molecule has 1 heterocycles. The average molecular weight is 870 g/mol. The van der Waals surface area contributed by atoms with Crippen molar-refractivity contribution in [3.8, 4) is 23.7 Å². The van der Waals surface area contributed by atoms with Gasteiger partial charge in [0.05, 0.1) is 18.2 Å². The van der Waals surface area contributed by atoms with E-state index < -0.39 is 57.8 Å². The quantitative estimate of drug-likeness (QED) is 0.0241. The molecular formula is C50H44FNO10S. The van der Waals surface area contributed by atoms with E-state index in [0.29, 0.717) is 35.2 Å². The molecule has 1 fully saturated rings. The smallest absolute Gasteiger partial charge is 0.321 e. The Hall–Kier alpha value is -7.06. The van der Waals surface area contributed by atoms with Crippen LogP contribution in [0.5, 0.6) is 0 Å². The lowest BCUT2D eigenvalue weighted by atomic mass is 9.78. The number of ether oxygens (including phenoxy) is 3. The number of carbonyl (C=O) groups excluding carboxylic acids is 4. The van der Waals surface area contributed by atoms with Gasteiger partial charge in [0, 0.05) is 30.2 Å². The largest absolute Gasteiger partial charge is 0.460 e. The van der Waals surface area contributed by atoms with Gasteiger partial charge in [0.15, 0.2) is 5.92 Å². The molecule has 1 aliphatic rings. The van der Waals surface area contributed by atoms with Gasteiger partial charge < -0.3 is 19.1 Å². The summed E-state index contributed by atoms with van der Waals surface area (Å²) in [5, 5.41) is 0. The topological polar surface area (TPSA) is 143 Å². The van der Waals surface area contributed by atoms with Crippen molar-refractivity contribution >= 4 is 39.6 Å². The second-order valence-electron chi connectivity index (χ2n) is 14.7. The van der Waals surface area contributed by atoms with Crippen LogP contribution in [0.2, 0.25) is 0 Å². The summed E-state index contributed by atoms with van der Waals surface area (Å²) in [6, 6.07) is 37.7. The summed E-state index contributed by atoms with van der Waals surface area (Å²) in [6.07, 6.45) is 0.711. The number of β-lactam (4-membered cyclic amide) rings is 1. The van der Waals surface area contributed by atoms with E-state index in [4.69, 9.17) is 14.2 Å². The first kappa shape index (κ1) is 45.5. The van der Waals surface area contributed by atoms with Crippen molar-refractivity contribution in [2.75, 3.05) is 17.8 Å². The average Bonchev–Trinajstić information content (AvgIpc) is 3.27. The molecule has 13 heteroatoms. The third kappa shape index (κ3) is 13.2. The zero-order valence-corrected chi connectivity index (χ0v) is 35.4. The maximum Gasteiger partial charge on any atom is 0.321 e. The number of hydrogen-bond acceptors (Lipinski definition) is 10. The van der Waals surface area contributed by atoms with Crippen LogP contribution in [-0.2, 0) is 60.9 Å². The van der Waals surface area contributed by atoms with Crippen molar-refractivity contribution in [2.45, 2.75) is 51.5 Å². The number of benzene rings is 5. The van der Waals surface area contributed by atoms with Gasteiger partial charge in [-0.05, 0) is 83.6 Å². The van der Waals surface area contributed by atoms with Crippen LogP contribution < -0.4 is 4.90 Å². The van der Waals surface area contributed by atoms with Crippen LogP contribution in [0.15, 0.2) is 133 Å². The van der Waals surface area contributed by atoms with E-state index in [2.05, 4.69) is 27.9 Å². The molecule has 0 unspecified atom stereocenters. The van der Waals surface area contributed by atoms with Crippen LogP contribution in [0.4, 0.5) is 10.1 Å². The lowest BCUT2D eigenvalue weighted by Crippen LogP contribution is -2.55. The van der Waals surface area contributed by atoms with E-state index in [1.54, 1.807) is 53.4 Å². The fraction of sp³-hybridized carbons (Fsp3) is 0.240. The van der Waals surface area contributed by atoms with Crippen molar-refractivity contribution in [1.29, 1.82) is 0 Å². The number of carbonyl (C=O) groups is 4. The van der Waals surface area contributed by atoms with Crippen molar-refractivity contribution < 1.29 is 50.4 Å². The first-order valence-electron chi connectivity index (χ1n) is 20.0. The van der Waals surface area contributed by atoms with E-state index in [-0.39, 0.29) is 32.1 Å². The maximum absolute atomic E-state index is 14.0. The van der Waals surface area contributed by atoms with Crippen LogP contribution >= 0.6 is 0 Å². The predicted molar refractivity (Wildman–Crippen MR) is 232 cm³/mol. The Morgan fingerprint density at radius 3 is 1.81 bits per heavy atom. The Labute approximate surface area is 366 Å². The van der Waals surface area contributed by atoms with Crippen LogP contribution in [0.3, 0.4) is 0 Å². The van der Waals surface area contributed by atoms with E-state index >= 15 is 0 Å². The predicted octanol–water partition coefficient (Wildman–Crippen LogP) is 7.79. The molecule has 3 atom stereocenters. The summed E-state index contributed by atoms with van der Waals surface area (Å²) in [5.41, 5.74) is 4.70. The number of rotatable bonds is 16. The van der Waals surface area contributed by atoms with Crippen molar-refractivity contribution in [3.05, 3.63) is 173 Å². The van der Waals surface area contributed by atoms with Gasteiger partial charge in [0.2, 0.25) is 5.91 Å². The van der Waals surface area contributed by atoms with Crippen molar-refractivity contribution in [1.82, 2.24) is 0 Å². The van der Waals surface area contributed by atoms with Crippen LogP contribution in [0, 0.1) is 41.3 Å². The molecule has 0 saturated carbocycles. The van der Waals surface area contributed by atoms with E-state index in [1.807, 2.05) is 72.8 Å². The molecule has 11 nitrogen and oxygen atoms in total. The molecule has 1 aliphatic heterocycles. The second kappa shape index (κ2) is 21.6. The van der Waals surface area contributed by atoms with Gasteiger partial charge in [0.1, 0.15) is 31.7 Å².